The molecule has 3 amide bonds. The van der Waals surface area contributed by atoms with Crippen LogP contribution in [0.5, 0.6) is 0 Å². The van der Waals surface area contributed by atoms with Crippen molar-refractivity contribution in [2.75, 3.05) is 18.9 Å². The van der Waals surface area contributed by atoms with Crippen LogP contribution in [0.15, 0.2) is 24.3 Å². The van der Waals surface area contributed by atoms with E-state index in [2.05, 4.69) is 11.4 Å². The topological polar surface area (TPSA) is 120 Å². The molecule has 9 nitrogen and oxygen atoms in total. The molecule has 0 radical (unpaired) electrons. The number of carbonyl (C=O) groups is 4. The van der Waals surface area contributed by atoms with Gasteiger partial charge in [-0.05, 0) is 44.7 Å². The van der Waals surface area contributed by atoms with E-state index in [-0.39, 0.29) is 24.8 Å². The van der Waals surface area contributed by atoms with Crippen molar-refractivity contribution < 1.29 is 23.9 Å². The van der Waals surface area contributed by atoms with Crippen molar-refractivity contribution in [1.29, 1.82) is 5.26 Å². The Kier molecular flexibility index (Phi) is 7.25. The minimum Gasteiger partial charge on any atom is -0.460 e. The third kappa shape index (κ3) is 5.31. The molecule has 3 rings (SSSR count). The van der Waals surface area contributed by atoms with Crippen LogP contribution in [0.25, 0.3) is 0 Å². The van der Waals surface area contributed by atoms with Crippen LogP contribution in [0.4, 0.5) is 5.69 Å². The van der Waals surface area contributed by atoms with Gasteiger partial charge in [0, 0.05) is 25.7 Å². The molecule has 2 heterocycles. The molecular formula is C26H34N4O5. The summed E-state index contributed by atoms with van der Waals surface area (Å²) in [6.45, 7) is 9.06. The normalized spacial score (nSPS) is 21.9. The second-order valence-electron chi connectivity index (χ2n) is 10.8. The van der Waals surface area contributed by atoms with Crippen LogP contribution < -0.4 is 5.32 Å². The molecule has 0 aliphatic carbocycles. The number of nitrogens with zero attached hydrogens (tertiary/aromatic N) is 3. The lowest BCUT2D eigenvalue weighted by Crippen LogP contribution is -2.52. The predicted molar refractivity (Wildman–Crippen MR) is 129 cm³/mol. The van der Waals surface area contributed by atoms with Gasteiger partial charge in [-0.25, -0.2) is 0 Å². The van der Waals surface area contributed by atoms with Gasteiger partial charge in [0.1, 0.15) is 24.1 Å². The lowest BCUT2D eigenvalue weighted by atomic mass is 9.80. The highest BCUT2D eigenvalue weighted by Gasteiger charge is 2.56. The molecule has 35 heavy (non-hydrogen) atoms. The Morgan fingerprint density at radius 2 is 1.94 bits per heavy atom. The number of ether oxygens (including phenoxy) is 1. The van der Waals surface area contributed by atoms with Crippen molar-refractivity contribution in [1.82, 2.24) is 9.80 Å². The Balaban J connectivity index is 1.85. The van der Waals surface area contributed by atoms with Crippen molar-refractivity contribution in [3.63, 3.8) is 0 Å². The Labute approximate surface area is 206 Å². The van der Waals surface area contributed by atoms with E-state index in [1.54, 1.807) is 26.8 Å². The number of nitrogens with one attached hydrogen (secondary N) is 1. The minimum atomic E-state index is -1.01. The van der Waals surface area contributed by atoms with Gasteiger partial charge in [0.05, 0.1) is 11.5 Å². The minimum absolute atomic E-state index is 0.0512. The van der Waals surface area contributed by atoms with Gasteiger partial charge in [0.2, 0.25) is 17.7 Å². The fraction of sp³-hybridized carbons (Fsp3) is 0.577. The molecule has 0 saturated carbocycles. The van der Waals surface area contributed by atoms with Crippen LogP contribution in [-0.2, 0) is 29.3 Å². The lowest BCUT2D eigenvalue weighted by molar-refractivity contribution is -0.159. The van der Waals surface area contributed by atoms with Crippen LogP contribution in [0, 0.1) is 17.2 Å². The van der Waals surface area contributed by atoms with E-state index in [1.807, 2.05) is 32.0 Å². The monoisotopic (exact) mass is 482 g/mol. The highest BCUT2D eigenvalue weighted by molar-refractivity contribution is 6.07. The van der Waals surface area contributed by atoms with Crippen molar-refractivity contribution in [3.05, 3.63) is 29.8 Å². The quantitative estimate of drug-likeness (QED) is 0.492. The molecule has 188 valence electrons. The molecular weight excluding hydrogens is 448 g/mol. The van der Waals surface area contributed by atoms with Gasteiger partial charge in [-0.3, -0.25) is 19.2 Å². The number of fused-ring (bicyclic) bond motifs is 2. The van der Waals surface area contributed by atoms with E-state index < -0.39 is 47.3 Å². The lowest BCUT2D eigenvalue weighted by Gasteiger charge is -2.33. The first-order chi connectivity index (χ1) is 16.3. The zero-order valence-corrected chi connectivity index (χ0v) is 21.3. The van der Waals surface area contributed by atoms with Crippen LogP contribution in [0.3, 0.4) is 0 Å². The largest absolute Gasteiger partial charge is 0.460 e. The molecule has 1 aromatic rings. The molecule has 2 aliphatic rings. The first kappa shape index (κ1) is 26.2. The maximum atomic E-state index is 13.8. The van der Waals surface area contributed by atoms with Crippen molar-refractivity contribution in [3.8, 4) is 6.07 Å². The number of para-hydroxylation sites is 1. The first-order valence-electron chi connectivity index (χ1n) is 11.9. The summed E-state index contributed by atoms with van der Waals surface area (Å²) < 4.78 is 5.25. The van der Waals surface area contributed by atoms with E-state index in [0.717, 1.165) is 5.56 Å². The summed E-state index contributed by atoms with van der Waals surface area (Å²) in [7, 11) is 1.49. The zero-order chi connectivity index (χ0) is 26.1. The number of carbonyl (C=O) groups excluding carboxylic acids is 4. The number of benzene rings is 1. The number of rotatable bonds is 6. The van der Waals surface area contributed by atoms with Crippen molar-refractivity contribution in [2.45, 2.75) is 77.0 Å². The molecule has 1 fully saturated rings. The van der Waals surface area contributed by atoms with E-state index in [1.165, 1.54) is 16.8 Å². The van der Waals surface area contributed by atoms with Gasteiger partial charge in [-0.1, -0.05) is 32.0 Å². The second kappa shape index (κ2) is 9.68. The Morgan fingerprint density at radius 1 is 1.29 bits per heavy atom. The number of nitriles is 1. The van der Waals surface area contributed by atoms with Crippen LogP contribution >= 0.6 is 0 Å². The van der Waals surface area contributed by atoms with Gasteiger partial charge < -0.3 is 19.9 Å². The Bertz CT molecular complexity index is 1070. The number of likely N-dealkylation sites (N-methyl/N-ethyl adjacent to an activating group) is 1. The molecule has 0 aromatic heterocycles. The Hall–Kier alpha value is -3.41. The number of hydrogen-bond acceptors (Lipinski definition) is 6. The predicted octanol–water partition coefficient (Wildman–Crippen LogP) is 2.61. The summed E-state index contributed by atoms with van der Waals surface area (Å²) >= 11 is 0. The van der Waals surface area contributed by atoms with Gasteiger partial charge in [0.15, 0.2) is 0 Å². The van der Waals surface area contributed by atoms with E-state index >= 15 is 0 Å². The molecule has 1 aromatic carbocycles. The number of likely N-dealkylation sites (tertiary alicyclic amines) is 1. The number of esters is 1. The van der Waals surface area contributed by atoms with Gasteiger partial charge in [-0.15, -0.1) is 0 Å². The van der Waals surface area contributed by atoms with Crippen LogP contribution in [0.1, 0.15) is 59.4 Å². The average Bonchev–Trinajstić information content (AvgIpc) is 3.28. The molecule has 0 unspecified atom stereocenters. The second-order valence-corrected chi connectivity index (χ2v) is 10.8. The summed E-state index contributed by atoms with van der Waals surface area (Å²) in [5, 5.41) is 12.8. The number of anilines is 1. The summed E-state index contributed by atoms with van der Waals surface area (Å²) in [6, 6.07) is 7.78. The van der Waals surface area contributed by atoms with Gasteiger partial charge in [-0.2, -0.15) is 5.26 Å². The SMILES string of the molecule is CC(C)C[C@@H](C(=O)N1C[C@]2(C[C@H]1C#N)C(=O)Nc1ccccc12)N(C)C(=O)CC(=O)OC(C)(C)C. The van der Waals surface area contributed by atoms with Crippen LogP contribution in [0.2, 0.25) is 0 Å². The standard InChI is InChI=1S/C26H34N4O5/c1-16(2)11-20(29(6)21(31)12-22(32)35-25(3,4)5)23(33)30-15-26(13-17(30)14-27)18-9-7-8-10-19(18)28-24(26)34/h7-10,16-17,20H,11-13,15H2,1-6H3,(H,28,34)/t17-,20-,26-/m0/s1. The fourth-order valence-corrected chi connectivity index (χ4v) is 4.85. The maximum absolute atomic E-state index is 13.8. The highest BCUT2D eigenvalue weighted by atomic mass is 16.6. The molecule has 1 saturated heterocycles. The van der Waals surface area contributed by atoms with Crippen molar-refractivity contribution >= 4 is 29.4 Å². The third-order valence-corrected chi connectivity index (χ3v) is 6.47. The molecule has 3 atom stereocenters. The molecule has 1 N–H and O–H groups in total. The van der Waals surface area contributed by atoms with Gasteiger partial charge in [0.25, 0.3) is 0 Å². The van der Waals surface area contributed by atoms with Crippen LogP contribution in [-0.4, -0.2) is 64.8 Å². The Morgan fingerprint density at radius 3 is 2.54 bits per heavy atom. The molecule has 9 heteroatoms. The highest BCUT2D eigenvalue weighted by Crippen LogP contribution is 2.46. The van der Waals surface area contributed by atoms with E-state index in [0.29, 0.717) is 12.1 Å². The average molecular weight is 483 g/mol. The summed E-state index contributed by atoms with van der Waals surface area (Å²) in [5.41, 5.74) is -0.276. The van der Waals surface area contributed by atoms with E-state index in [9.17, 15) is 24.4 Å². The zero-order valence-electron chi connectivity index (χ0n) is 21.3. The molecule has 2 aliphatic heterocycles. The fourth-order valence-electron chi connectivity index (χ4n) is 4.85. The number of amides is 3. The number of hydrogen-bond donors (Lipinski definition) is 1. The first-order valence-corrected chi connectivity index (χ1v) is 11.9. The molecule has 1 spiro atoms. The summed E-state index contributed by atoms with van der Waals surface area (Å²) in [5.74, 6) is -1.78. The smallest absolute Gasteiger partial charge is 0.315 e. The van der Waals surface area contributed by atoms with E-state index in [4.69, 9.17) is 4.74 Å². The summed E-state index contributed by atoms with van der Waals surface area (Å²) in [6.07, 6.45) is 0.0406. The van der Waals surface area contributed by atoms with Gasteiger partial charge >= 0.3 is 5.97 Å². The molecule has 0 bridgehead atoms. The maximum Gasteiger partial charge on any atom is 0.315 e. The van der Waals surface area contributed by atoms with Crippen molar-refractivity contribution in [2.24, 2.45) is 5.92 Å². The summed E-state index contributed by atoms with van der Waals surface area (Å²) in [4.78, 5) is 54.7. The third-order valence-electron chi connectivity index (χ3n) is 6.47.